The fraction of sp³-hybridized carbons (Fsp3) is 0. The second kappa shape index (κ2) is 161. The zero-order chi connectivity index (χ0) is 0. The molecule has 0 bridgehead atoms. The molecule has 0 N–H and O–H groups in total. The minimum absolute atomic E-state index is 0. The summed E-state index contributed by atoms with van der Waals surface area (Å²) in [6.07, 6.45) is 0. The summed E-state index contributed by atoms with van der Waals surface area (Å²) in [4.78, 5) is 0. The van der Waals surface area contributed by atoms with Crippen molar-refractivity contribution in [1.29, 1.82) is 0 Å². The van der Waals surface area contributed by atoms with Crippen LogP contribution in [0.15, 0.2) is 0 Å². The van der Waals surface area contributed by atoms with E-state index >= 15 is 0 Å². The Kier molecular flexibility index (Phi) is 3860. The Labute approximate surface area is 109 Å². The maximum atomic E-state index is 0. The molecule has 0 amide bonds. The first-order chi connectivity index (χ1) is 0. The van der Waals surface area contributed by atoms with Gasteiger partial charge in [-0.15, -0.1) is 0 Å². The van der Waals surface area contributed by atoms with E-state index in [2.05, 4.69) is 0 Å². The van der Waals surface area contributed by atoms with Crippen molar-refractivity contribution in [3.63, 3.8) is 0 Å². The Hall–Kier alpha value is 2.38. The summed E-state index contributed by atoms with van der Waals surface area (Å²) in [5.41, 5.74) is 0. The molecule has 0 saturated heterocycles. The van der Waals surface area contributed by atoms with Gasteiger partial charge in [-0.2, -0.15) is 0 Å². The predicted molar refractivity (Wildman–Crippen MR) is 4.12 cm³/mol. The van der Waals surface area contributed by atoms with Crippen LogP contribution in [0.1, 0.15) is 0 Å². The fourth-order valence-electron chi connectivity index (χ4n) is 0. The molecule has 9 heteroatoms. The second-order valence-electron chi connectivity index (χ2n) is 0. The average molecular weight is 544 g/mol. The normalized spacial score (nSPS) is 0. The Morgan fingerprint density at radius 3 is 0.333 bits per heavy atom. The largest absolute Gasteiger partial charge is 4.00 e. The molecule has 0 saturated carbocycles. The molecule has 0 rings (SSSR count). The first-order valence-electron chi connectivity index (χ1n) is 0. The van der Waals surface area contributed by atoms with Gasteiger partial charge in [0.1, 0.15) is 0 Å². The van der Waals surface area contributed by atoms with Crippen LogP contribution in [-0.4, -0.2) is 0 Å². The second-order valence-corrected chi connectivity index (χ2v) is 0. The van der Waals surface area contributed by atoms with Crippen molar-refractivity contribution < 1.29 is 111 Å². The molecular formula is Hf2O6Zr. The van der Waals surface area contributed by atoms with Crippen LogP contribution in [0.25, 0.3) is 0 Å². The molecule has 0 aliphatic heterocycles. The van der Waals surface area contributed by atoms with E-state index in [1.807, 2.05) is 0 Å². The van der Waals surface area contributed by atoms with E-state index in [0.29, 0.717) is 0 Å². The zero-order valence-electron chi connectivity index (χ0n) is 3.95. The van der Waals surface area contributed by atoms with Gasteiger partial charge in [0.05, 0.1) is 0 Å². The van der Waals surface area contributed by atoms with Crippen molar-refractivity contribution in [1.82, 2.24) is 0 Å². The van der Waals surface area contributed by atoms with Gasteiger partial charge in [-0.25, -0.2) is 0 Å². The van der Waals surface area contributed by atoms with Crippen LogP contribution in [0.5, 0.6) is 0 Å². The van der Waals surface area contributed by atoms with Gasteiger partial charge >= 0.3 is 77.9 Å². The van der Waals surface area contributed by atoms with Gasteiger partial charge in [0.2, 0.25) is 0 Å². The van der Waals surface area contributed by atoms with Crippen molar-refractivity contribution in [3.8, 4) is 0 Å². The van der Waals surface area contributed by atoms with Crippen molar-refractivity contribution in [2.75, 3.05) is 0 Å². The molecule has 9 heavy (non-hydrogen) atoms. The van der Waals surface area contributed by atoms with Crippen molar-refractivity contribution in [2.24, 2.45) is 0 Å². The standard InChI is InChI=1S/2Hf.6O.Zr/q2*+4;6*-2;+4. The van der Waals surface area contributed by atoms with E-state index in [9.17, 15) is 0 Å². The van der Waals surface area contributed by atoms with Gasteiger partial charge in [-0.1, -0.05) is 0 Å². The van der Waals surface area contributed by atoms with Gasteiger partial charge in [-0.3, -0.25) is 0 Å². The molecule has 0 atom stereocenters. The van der Waals surface area contributed by atoms with Crippen LogP contribution in [0.3, 0.4) is 0 Å². The summed E-state index contributed by atoms with van der Waals surface area (Å²) in [7, 11) is 0. The van der Waals surface area contributed by atoms with E-state index in [1.165, 1.54) is 0 Å². The maximum Gasteiger partial charge on any atom is 4.00 e. The Morgan fingerprint density at radius 2 is 0.333 bits per heavy atom. The Bertz CT molecular complexity index is 11.0. The van der Waals surface area contributed by atoms with Gasteiger partial charge in [-0.05, 0) is 0 Å². The van der Waals surface area contributed by atoms with Crippen LogP contribution in [0.2, 0.25) is 0 Å². The minimum atomic E-state index is 0. The summed E-state index contributed by atoms with van der Waals surface area (Å²) >= 11 is 0. The van der Waals surface area contributed by atoms with Crippen molar-refractivity contribution in [3.05, 3.63) is 0 Å². The van der Waals surface area contributed by atoms with E-state index in [0.717, 1.165) is 0 Å². The summed E-state index contributed by atoms with van der Waals surface area (Å²) in [5.74, 6) is 0. The molecule has 6 nitrogen and oxygen atoms in total. The number of hydrogen-bond acceptors (Lipinski definition) is 0. The first kappa shape index (κ1) is 216. The molecular weight excluding hydrogens is 544 g/mol. The zero-order valence-corrected chi connectivity index (χ0v) is 13.6. The third kappa shape index (κ3) is 128. The maximum absolute atomic E-state index is 0. The van der Waals surface area contributed by atoms with E-state index in [4.69, 9.17) is 0 Å². The molecule has 0 unspecified atom stereocenters. The summed E-state index contributed by atoms with van der Waals surface area (Å²) in [6.45, 7) is 0. The van der Waals surface area contributed by atoms with E-state index in [-0.39, 0.29) is 111 Å². The molecule has 0 aromatic carbocycles. The molecule has 0 heterocycles. The third-order valence-corrected chi connectivity index (χ3v) is 0. The summed E-state index contributed by atoms with van der Waals surface area (Å²) < 4.78 is 0. The van der Waals surface area contributed by atoms with Crippen LogP contribution >= 0.6 is 0 Å². The summed E-state index contributed by atoms with van der Waals surface area (Å²) in [5, 5.41) is 0. The Morgan fingerprint density at radius 1 is 0.333 bits per heavy atom. The van der Waals surface area contributed by atoms with Gasteiger partial charge < -0.3 is 32.9 Å². The molecule has 0 aliphatic carbocycles. The van der Waals surface area contributed by atoms with Crippen LogP contribution in [0.4, 0.5) is 0 Å². The predicted octanol–water partition coefficient (Wildman–Crippen LogP) is -0.720. The van der Waals surface area contributed by atoms with Crippen LogP contribution in [-0.2, 0) is 111 Å². The van der Waals surface area contributed by atoms with Crippen LogP contribution < -0.4 is 0 Å². The Balaban J connectivity index is 0. The molecule has 0 aliphatic rings. The molecule has 0 fully saturated rings. The fourth-order valence-corrected chi connectivity index (χ4v) is 0. The monoisotopic (exact) mass is 546 g/mol. The van der Waals surface area contributed by atoms with E-state index in [1.54, 1.807) is 0 Å². The topological polar surface area (TPSA) is 171 Å². The van der Waals surface area contributed by atoms with Crippen molar-refractivity contribution >= 4 is 0 Å². The third-order valence-electron chi connectivity index (χ3n) is 0. The molecule has 0 aromatic rings. The average Bonchev–Trinajstić information content (AvgIpc) is 0. The quantitative estimate of drug-likeness (QED) is 0.351. The molecule has 0 spiro atoms. The van der Waals surface area contributed by atoms with Gasteiger partial charge in [0.15, 0.2) is 0 Å². The summed E-state index contributed by atoms with van der Waals surface area (Å²) in [6, 6.07) is 0. The smallest absolute Gasteiger partial charge is 2.00 e. The number of rotatable bonds is 0. The molecule has 48 valence electrons. The van der Waals surface area contributed by atoms with E-state index < -0.39 is 0 Å². The van der Waals surface area contributed by atoms with Crippen LogP contribution in [0, 0.1) is 0 Å². The van der Waals surface area contributed by atoms with Gasteiger partial charge in [0.25, 0.3) is 0 Å². The molecule has 0 radical (unpaired) electrons. The van der Waals surface area contributed by atoms with Gasteiger partial charge in [0, 0.05) is 0 Å². The molecule has 0 aromatic heterocycles. The van der Waals surface area contributed by atoms with Crippen molar-refractivity contribution in [2.45, 2.75) is 0 Å². The number of hydrogen-bond donors (Lipinski definition) is 0. The minimum Gasteiger partial charge on any atom is -2.00 e. The first-order valence-corrected chi connectivity index (χ1v) is 0. The SMILES string of the molecule is [Hf+4].[Hf+4].[O-2].[O-2].[O-2].[O-2].[O-2].[O-2].[Zr+4].